The van der Waals surface area contributed by atoms with E-state index in [-0.39, 0.29) is 12.5 Å². The average molecular weight is 472 g/mol. The van der Waals surface area contributed by atoms with E-state index < -0.39 is 0 Å². The first-order valence-corrected chi connectivity index (χ1v) is 11.8. The minimum atomic E-state index is -0.131. The molecule has 1 fully saturated rings. The van der Waals surface area contributed by atoms with Gasteiger partial charge in [0.25, 0.3) is 5.91 Å². The van der Waals surface area contributed by atoms with E-state index in [9.17, 15) is 9.90 Å². The van der Waals surface area contributed by atoms with Crippen molar-refractivity contribution in [3.05, 3.63) is 72.1 Å². The number of aliphatic hydroxyl groups excluding tert-OH is 1. The SMILES string of the molecule is CCN(CCO)C(=O)c1cc2ccc(-c3nccc(Nc4ccc(C5CNNC5)cc4)n3)cc2[nH]1. The van der Waals surface area contributed by atoms with Crippen LogP contribution in [0, 0.1) is 0 Å². The zero-order valence-corrected chi connectivity index (χ0v) is 19.6. The van der Waals surface area contributed by atoms with E-state index in [0.717, 1.165) is 35.2 Å². The fourth-order valence-corrected chi connectivity index (χ4v) is 4.33. The van der Waals surface area contributed by atoms with Crippen molar-refractivity contribution < 1.29 is 9.90 Å². The van der Waals surface area contributed by atoms with Crippen LogP contribution in [0.3, 0.4) is 0 Å². The summed E-state index contributed by atoms with van der Waals surface area (Å²) in [6.45, 7) is 4.54. The number of H-pyrrole nitrogens is 1. The van der Waals surface area contributed by atoms with E-state index in [0.29, 0.717) is 36.3 Å². The summed E-state index contributed by atoms with van der Waals surface area (Å²) in [5.74, 6) is 1.65. The highest BCUT2D eigenvalue weighted by atomic mass is 16.3. The summed E-state index contributed by atoms with van der Waals surface area (Å²) in [4.78, 5) is 26.7. The van der Waals surface area contributed by atoms with Crippen LogP contribution in [0.4, 0.5) is 11.5 Å². The van der Waals surface area contributed by atoms with Gasteiger partial charge in [0.05, 0.1) is 6.61 Å². The van der Waals surface area contributed by atoms with Gasteiger partial charge in [0.15, 0.2) is 5.82 Å². The second-order valence-electron chi connectivity index (χ2n) is 8.56. The molecular weight excluding hydrogens is 442 g/mol. The Hall–Kier alpha value is -3.79. The van der Waals surface area contributed by atoms with E-state index in [1.807, 2.05) is 37.3 Å². The number of anilines is 2. The van der Waals surface area contributed by atoms with E-state index in [4.69, 9.17) is 4.98 Å². The number of hydrazine groups is 1. The molecule has 3 heterocycles. The van der Waals surface area contributed by atoms with Crippen molar-refractivity contribution in [1.29, 1.82) is 0 Å². The molecule has 1 aliphatic rings. The molecule has 0 bridgehead atoms. The number of fused-ring (bicyclic) bond motifs is 1. The molecule has 0 unspecified atom stereocenters. The smallest absolute Gasteiger partial charge is 0.270 e. The molecule has 180 valence electrons. The van der Waals surface area contributed by atoms with Gasteiger partial charge in [-0.3, -0.25) is 15.6 Å². The number of hydrogen-bond acceptors (Lipinski definition) is 7. The normalized spacial score (nSPS) is 13.9. The van der Waals surface area contributed by atoms with Gasteiger partial charge in [-0.15, -0.1) is 0 Å². The van der Waals surface area contributed by atoms with Crippen molar-refractivity contribution in [2.45, 2.75) is 12.8 Å². The molecule has 5 rings (SSSR count). The second kappa shape index (κ2) is 10.2. The third kappa shape index (κ3) is 5.02. The molecule has 2 aromatic carbocycles. The quantitative estimate of drug-likeness (QED) is 0.268. The van der Waals surface area contributed by atoms with E-state index >= 15 is 0 Å². The summed E-state index contributed by atoms with van der Waals surface area (Å²) in [6.07, 6.45) is 1.73. The second-order valence-corrected chi connectivity index (χ2v) is 8.56. The highest BCUT2D eigenvalue weighted by Gasteiger charge is 2.17. The van der Waals surface area contributed by atoms with Crippen LogP contribution in [-0.4, -0.2) is 63.7 Å². The Balaban J connectivity index is 1.34. The van der Waals surface area contributed by atoms with Crippen molar-refractivity contribution in [3.63, 3.8) is 0 Å². The van der Waals surface area contributed by atoms with Crippen LogP contribution in [0.1, 0.15) is 28.9 Å². The molecule has 0 saturated carbocycles. The number of nitrogens with one attached hydrogen (secondary N) is 4. The van der Waals surface area contributed by atoms with Gasteiger partial charge in [-0.25, -0.2) is 9.97 Å². The number of hydrogen-bond donors (Lipinski definition) is 5. The molecular formula is C26H29N7O2. The summed E-state index contributed by atoms with van der Waals surface area (Å²) in [5, 5.41) is 13.5. The van der Waals surface area contributed by atoms with Crippen LogP contribution < -0.4 is 16.2 Å². The third-order valence-electron chi connectivity index (χ3n) is 6.28. The van der Waals surface area contributed by atoms with Crippen molar-refractivity contribution in [1.82, 2.24) is 30.7 Å². The van der Waals surface area contributed by atoms with Gasteiger partial charge >= 0.3 is 0 Å². The number of amides is 1. The van der Waals surface area contributed by atoms with Crippen molar-refractivity contribution in [2.24, 2.45) is 0 Å². The van der Waals surface area contributed by atoms with Gasteiger partial charge in [-0.2, -0.15) is 0 Å². The maximum atomic E-state index is 12.7. The number of aromatic nitrogens is 3. The zero-order valence-electron chi connectivity index (χ0n) is 19.6. The number of carbonyl (C=O) groups excluding carboxylic acids is 1. The lowest BCUT2D eigenvalue weighted by Gasteiger charge is -2.18. The molecule has 35 heavy (non-hydrogen) atoms. The number of rotatable bonds is 8. The van der Waals surface area contributed by atoms with Crippen molar-refractivity contribution in [3.8, 4) is 11.4 Å². The molecule has 0 aliphatic carbocycles. The Bertz CT molecular complexity index is 1310. The van der Waals surface area contributed by atoms with Crippen LogP contribution in [0.2, 0.25) is 0 Å². The molecule has 0 atom stereocenters. The lowest BCUT2D eigenvalue weighted by atomic mass is 10.0. The number of benzene rings is 2. The fourth-order valence-electron chi connectivity index (χ4n) is 4.33. The summed E-state index contributed by atoms with van der Waals surface area (Å²) < 4.78 is 0. The molecule has 4 aromatic rings. The Kier molecular flexibility index (Phi) is 6.71. The zero-order chi connectivity index (χ0) is 24.2. The minimum absolute atomic E-state index is 0.0642. The van der Waals surface area contributed by atoms with Gasteiger partial charge < -0.3 is 20.3 Å². The highest BCUT2D eigenvalue weighted by Crippen LogP contribution is 2.25. The predicted molar refractivity (Wildman–Crippen MR) is 136 cm³/mol. The van der Waals surface area contributed by atoms with Gasteiger partial charge in [-0.05, 0) is 42.8 Å². The van der Waals surface area contributed by atoms with Gasteiger partial charge in [-0.1, -0.05) is 24.3 Å². The Morgan fingerprint density at radius 1 is 1.11 bits per heavy atom. The molecule has 5 N–H and O–H groups in total. The summed E-state index contributed by atoms with van der Waals surface area (Å²) >= 11 is 0. The van der Waals surface area contributed by atoms with Gasteiger partial charge in [0, 0.05) is 60.4 Å². The average Bonchev–Trinajstić information content (AvgIpc) is 3.57. The Morgan fingerprint density at radius 2 is 1.91 bits per heavy atom. The standard InChI is InChI=1S/C26H29N7O2/c1-2-33(11-12-34)26(35)23-13-18-3-4-19(14-22(18)31-23)25-27-10-9-24(32-25)30-21-7-5-17(6-8-21)20-15-28-29-16-20/h3-10,13-14,20,28-29,31,34H,2,11-12,15-16H2,1H3,(H,27,30,32). The topological polar surface area (TPSA) is 118 Å². The number of nitrogens with zero attached hydrogens (tertiary/aromatic N) is 3. The van der Waals surface area contributed by atoms with E-state index in [1.54, 1.807) is 11.1 Å². The highest BCUT2D eigenvalue weighted by molar-refractivity contribution is 5.98. The van der Waals surface area contributed by atoms with Crippen LogP contribution in [0.25, 0.3) is 22.3 Å². The largest absolute Gasteiger partial charge is 0.395 e. The summed E-state index contributed by atoms with van der Waals surface area (Å²) in [5.41, 5.74) is 10.8. The van der Waals surface area contributed by atoms with Crippen molar-refractivity contribution >= 4 is 28.3 Å². The number of carbonyl (C=O) groups is 1. The van der Waals surface area contributed by atoms with Crippen LogP contribution >= 0.6 is 0 Å². The number of aliphatic hydroxyl groups is 1. The lowest BCUT2D eigenvalue weighted by molar-refractivity contribution is 0.0727. The maximum absolute atomic E-state index is 12.7. The summed E-state index contributed by atoms with van der Waals surface area (Å²) in [7, 11) is 0. The van der Waals surface area contributed by atoms with Gasteiger partial charge in [0.2, 0.25) is 0 Å². The van der Waals surface area contributed by atoms with Crippen LogP contribution in [0.5, 0.6) is 0 Å². The maximum Gasteiger partial charge on any atom is 0.270 e. The summed E-state index contributed by atoms with van der Waals surface area (Å²) in [6, 6.07) is 17.9. The molecule has 0 spiro atoms. The number of likely N-dealkylation sites (N-methyl/N-ethyl adjacent to an activating group) is 1. The first kappa shape index (κ1) is 23.0. The fraction of sp³-hybridized carbons (Fsp3) is 0.269. The van der Waals surface area contributed by atoms with Gasteiger partial charge in [0.1, 0.15) is 11.5 Å². The van der Waals surface area contributed by atoms with E-state index in [2.05, 4.69) is 50.4 Å². The molecule has 1 amide bonds. The van der Waals surface area contributed by atoms with E-state index in [1.165, 1.54) is 5.56 Å². The molecule has 0 radical (unpaired) electrons. The molecule has 9 nitrogen and oxygen atoms in total. The Morgan fingerprint density at radius 3 is 2.66 bits per heavy atom. The molecule has 2 aromatic heterocycles. The lowest BCUT2D eigenvalue weighted by Crippen LogP contribution is -2.33. The predicted octanol–water partition coefficient (Wildman–Crippen LogP) is 3.01. The monoisotopic (exact) mass is 471 g/mol. The van der Waals surface area contributed by atoms with Crippen LogP contribution in [0.15, 0.2) is 60.8 Å². The van der Waals surface area contributed by atoms with Crippen LogP contribution in [-0.2, 0) is 0 Å². The minimum Gasteiger partial charge on any atom is -0.395 e. The number of aromatic amines is 1. The van der Waals surface area contributed by atoms with Crippen molar-refractivity contribution in [2.75, 3.05) is 38.1 Å². The molecule has 1 saturated heterocycles. The molecule has 9 heteroatoms. The first-order chi connectivity index (χ1) is 17.1. The first-order valence-electron chi connectivity index (χ1n) is 11.8. The Labute approximate surface area is 203 Å². The third-order valence-corrected chi connectivity index (χ3v) is 6.28. The molecule has 1 aliphatic heterocycles.